The molecule has 0 spiro atoms. The lowest BCUT2D eigenvalue weighted by atomic mass is 9.94. The molecule has 0 bridgehead atoms. The number of piperidine rings is 1. The summed E-state index contributed by atoms with van der Waals surface area (Å²) in [6.45, 7) is 16.2. The molecule has 0 aliphatic carbocycles. The Hall–Kier alpha value is -3.14. The van der Waals surface area contributed by atoms with Crippen LogP contribution in [0.3, 0.4) is 0 Å². The van der Waals surface area contributed by atoms with Gasteiger partial charge < -0.3 is 30.7 Å². The van der Waals surface area contributed by atoms with Crippen molar-refractivity contribution in [1.82, 2.24) is 20.9 Å². The number of amides is 3. The predicted molar refractivity (Wildman–Crippen MR) is 170 cm³/mol. The van der Waals surface area contributed by atoms with Crippen molar-refractivity contribution in [3.05, 3.63) is 35.8 Å². The topological polar surface area (TPSA) is 137 Å². The molecular weight excluding hydrogens is 548 g/mol. The van der Waals surface area contributed by atoms with Crippen LogP contribution < -0.4 is 16.0 Å². The Morgan fingerprint density at radius 3 is 2.42 bits per heavy atom. The number of ketones is 1. The number of rotatable bonds is 22. The lowest BCUT2D eigenvalue weighted by Crippen LogP contribution is -2.44. The van der Waals surface area contributed by atoms with E-state index in [0.717, 1.165) is 56.3 Å². The predicted octanol–water partition coefficient (Wildman–Crippen LogP) is 4.19. The van der Waals surface area contributed by atoms with Gasteiger partial charge in [0.05, 0.1) is 19.1 Å². The third-order valence-corrected chi connectivity index (χ3v) is 7.53. The van der Waals surface area contributed by atoms with Crippen molar-refractivity contribution in [3.8, 4) is 0 Å². The van der Waals surface area contributed by atoms with Gasteiger partial charge in [0.1, 0.15) is 12.4 Å². The lowest BCUT2D eigenvalue weighted by Gasteiger charge is -2.29. The van der Waals surface area contributed by atoms with E-state index in [2.05, 4.69) is 29.5 Å². The second-order valence-electron chi connectivity index (χ2n) is 11.9. The van der Waals surface area contributed by atoms with Gasteiger partial charge in [0.2, 0.25) is 17.7 Å². The van der Waals surface area contributed by atoms with Crippen molar-refractivity contribution in [2.24, 2.45) is 17.8 Å². The van der Waals surface area contributed by atoms with Crippen molar-refractivity contribution in [1.29, 1.82) is 0 Å². The molecule has 1 saturated heterocycles. The molecule has 0 aromatic carbocycles. The van der Waals surface area contributed by atoms with Crippen molar-refractivity contribution in [3.63, 3.8) is 0 Å². The average molecular weight is 605 g/mol. The molecule has 1 fully saturated rings. The third-order valence-electron chi connectivity index (χ3n) is 7.53. The number of nitrogens with one attached hydrogen (secondary N) is 3. The number of carbonyl (C=O) groups excluding carboxylic acids is 4. The lowest BCUT2D eigenvalue weighted by molar-refractivity contribution is -0.143. The van der Waals surface area contributed by atoms with Crippen LogP contribution in [-0.2, 0) is 23.9 Å². The highest BCUT2D eigenvalue weighted by Gasteiger charge is 2.29. The molecule has 10 heteroatoms. The summed E-state index contributed by atoms with van der Waals surface area (Å²) in [6.07, 6.45) is 9.69. The third kappa shape index (κ3) is 16.9. The molecule has 3 amide bonds. The van der Waals surface area contributed by atoms with E-state index in [9.17, 15) is 19.2 Å². The summed E-state index contributed by atoms with van der Waals surface area (Å²) in [5.74, 6) is -0.283. The molecule has 2 unspecified atom stereocenters. The van der Waals surface area contributed by atoms with Crippen molar-refractivity contribution < 1.29 is 29.0 Å². The zero-order chi connectivity index (χ0) is 32.2. The standard InChI is InChI=1S/C33H56N4O6/c1-7-28(15-14-25(4)22-43-23-27(6)38)34-16-12-17-35-33(42)29(24(2)3)20-36-31(40)13-10-8-9-11-18-37-21-30(39)26(5)19-32(37)41/h14-15,24,26,29,34,38H,6-13,16-23H2,1-5H3,(H,35,42)(H,36,40)/b25-14+,28-15+. The van der Waals surface area contributed by atoms with Crippen LogP contribution in [0, 0.1) is 17.8 Å². The Bertz CT molecular complexity index is 974. The first kappa shape index (κ1) is 37.9. The largest absolute Gasteiger partial charge is 0.510 e. The zero-order valence-corrected chi connectivity index (χ0v) is 27.1. The molecule has 1 aliphatic heterocycles. The number of ether oxygens (including phenoxy) is 1. The van der Waals surface area contributed by atoms with Crippen molar-refractivity contribution in [2.45, 2.75) is 86.0 Å². The summed E-state index contributed by atoms with van der Waals surface area (Å²) < 4.78 is 5.33. The molecule has 1 aliphatic rings. The van der Waals surface area contributed by atoms with Gasteiger partial charge in [-0.25, -0.2) is 0 Å². The van der Waals surface area contributed by atoms with Crippen LogP contribution >= 0.6 is 0 Å². The quantitative estimate of drug-likeness (QED) is 0.0826. The molecule has 2 atom stereocenters. The number of unbranched alkanes of at least 4 members (excludes halogenated alkanes) is 3. The summed E-state index contributed by atoms with van der Waals surface area (Å²) >= 11 is 0. The average Bonchev–Trinajstić information content (AvgIpc) is 2.94. The minimum absolute atomic E-state index is 0.00859. The SMILES string of the molecule is C=C(O)COC/C(C)=C/C=C(\CC)NCCCNC(=O)C(CNC(=O)CCCCCCN1CC(=O)C(C)CC1=O)C(C)C. The summed E-state index contributed by atoms with van der Waals surface area (Å²) in [6, 6.07) is 0. The van der Waals surface area contributed by atoms with Crippen molar-refractivity contribution >= 4 is 23.5 Å². The fourth-order valence-corrected chi connectivity index (χ4v) is 4.63. The van der Waals surface area contributed by atoms with Crippen LogP contribution in [0.15, 0.2) is 35.8 Å². The van der Waals surface area contributed by atoms with E-state index in [1.807, 2.05) is 32.9 Å². The number of nitrogens with zero attached hydrogens (tertiary/aromatic N) is 1. The number of aliphatic hydroxyl groups is 1. The fourth-order valence-electron chi connectivity index (χ4n) is 4.63. The number of allylic oxidation sites excluding steroid dienone is 3. The summed E-state index contributed by atoms with van der Waals surface area (Å²) in [7, 11) is 0. The molecule has 0 aromatic heterocycles. The Morgan fingerprint density at radius 2 is 1.74 bits per heavy atom. The maximum Gasteiger partial charge on any atom is 0.225 e. The first-order chi connectivity index (χ1) is 20.4. The number of hydrogen-bond donors (Lipinski definition) is 4. The van der Waals surface area contributed by atoms with Gasteiger partial charge in [-0.05, 0) is 50.2 Å². The minimum Gasteiger partial charge on any atom is -0.510 e. The summed E-state index contributed by atoms with van der Waals surface area (Å²) in [5.41, 5.74) is 2.12. The normalized spacial score (nSPS) is 16.8. The molecule has 0 radical (unpaired) electrons. The number of likely N-dealkylation sites (tertiary alicyclic amines) is 1. The van der Waals surface area contributed by atoms with Gasteiger partial charge in [-0.1, -0.05) is 53.2 Å². The molecular formula is C33H56N4O6. The van der Waals surface area contributed by atoms with Gasteiger partial charge in [0.25, 0.3) is 0 Å². The van der Waals surface area contributed by atoms with Crippen LogP contribution in [0.1, 0.15) is 86.0 Å². The Morgan fingerprint density at radius 1 is 1.05 bits per heavy atom. The first-order valence-electron chi connectivity index (χ1n) is 15.8. The minimum atomic E-state index is -0.297. The van der Waals surface area contributed by atoms with E-state index in [0.29, 0.717) is 39.1 Å². The molecule has 43 heavy (non-hydrogen) atoms. The first-order valence-corrected chi connectivity index (χ1v) is 15.8. The molecule has 244 valence electrons. The molecule has 10 nitrogen and oxygen atoms in total. The van der Waals surface area contributed by atoms with E-state index in [4.69, 9.17) is 9.84 Å². The van der Waals surface area contributed by atoms with E-state index in [-0.39, 0.29) is 60.2 Å². The zero-order valence-electron chi connectivity index (χ0n) is 27.1. The van der Waals surface area contributed by atoms with Gasteiger partial charge in [-0.15, -0.1) is 0 Å². The monoisotopic (exact) mass is 604 g/mol. The van der Waals surface area contributed by atoms with Gasteiger partial charge in [0.15, 0.2) is 5.78 Å². The van der Waals surface area contributed by atoms with Gasteiger partial charge in [0, 0.05) is 50.6 Å². The number of carbonyl (C=O) groups is 4. The Kier molecular flexibility index (Phi) is 19.0. The summed E-state index contributed by atoms with van der Waals surface area (Å²) in [5, 5.41) is 18.4. The molecule has 4 N–H and O–H groups in total. The highest BCUT2D eigenvalue weighted by molar-refractivity contribution is 5.94. The van der Waals surface area contributed by atoms with Gasteiger partial charge in [-0.2, -0.15) is 0 Å². The number of Topliss-reactive ketones (excluding diaryl/α,β-unsaturated/α-hetero) is 1. The molecule has 0 saturated carbocycles. The van der Waals surface area contributed by atoms with Crippen LogP contribution in [-0.4, -0.2) is 79.4 Å². The Labute approximate surface area is 258 Å². The van der Waals surface area contributed by atoms with E-state index in [1.165, 1.54) is 0 Å². The number of aliphatic hydroxyl groups excluding tert-OH is 1. The number of hydrogen-bond acceptors (Lipinski definition) is 7. The second kappa shape index (κ2) is 21.5. The fraction of sp³-hybridized carbons (Fsp3) is 0.697. The van der Waals surface area contributed by atoms with Crippen LogP contribution in [0.25, 0.3) is 0 Å². The highest BCUT2D eigenvalue weighted by atomic mass is 16.5. The van der Waals surface area contributed by atoms with E-state index < -0.39 is 0 Å². The van der Waals surface area contributed by atoms with Crippen molar-refractivity contribution in [2.75, 3.05) is 45.9 Å². The summed E-state index contributed by atoms with van der Waals surface area (Å²) in [4.78, 5) is 50.7. The Balaban J connectivity index is 2.24. The van der Waals surface area contributed by atoms with E-state index in [1.54, 1.807) is 11.8 Å². The molecule has 1 rings (SSSR count). The van der Waals surface area contributed by atoms with Crippen LogP contribution in [0.4, 0.5) is 0 Å². The second-order valence-corrected chi connectivity index (χ2v) is 11.9. The van der Waals surface area contributed by atoms with Crippen LogP contribution in [0.5, 0.6) is 0 Å². The van der Waals surface area contributed by atoms with Crippen LogP contribution in [0.2, 0.25) is 0 Å². The molecule has 0 aromatic rings. The maximum absolute atomic E-state index is 12.8. The smallest absolute Gasteiger partial charge is 0.225 e. The van der Waals surface area contributed by atoms with Gasteiger partial charge in [-0.3, -0.25) is 19.2 Å². The van der Waals surface area contributed by atoms with Gasteiger partial charge >= 0.3 is 0 Å². The highest BCUT2D eigenvalue weighted by Crippen LogP contribution is 2.16. The molecule has 1 heterocycles. The van der Waals surface area contributed by atoms with E-state index >= 15 is 0 Å². The maximum atomic E-state index is 12.8.